The average molecular weight is 398 g/mol. The molecule has 2 aromatic rings. The van der Waals surface area contributed by atoms with Crippen LogP contribution in [0.1, 0.15) is 23.2 Å². The van der Waals surface area contributed by atoms with Gasteiger partial charge in [0.1, 0.15) is 11.3 Å². The maximum atomic E-state index is 12.6. The van der Waals surface area contributed by atoms with Crippen molar-refractivity contribution in [3.8, 4) is 0 Å². The molecule has 11 heteroatoms. The molecule has 0 aliphatic heterocycles. The molecule has 0 saturated carbocycles. The number of aliphatic hydroxyl groups is 1. The predicted molar refractivity (Wildman–Crippen MR) is 85.8 cm³/mol. The highest BCUT2D eigenvalue weighted by Crippen LogP contribution is 2.34. The Bertz CT molecular complexity index is 845. The Hall–Kier alpha value is -1.55. The molecule has 1 heterocycles. The second-order valence-corrected chi connectivity index (χ2v) is 7.15. The van der Waals surface area contributed by atoms with Crippen LogP contribution < -0.4 is 4.72 Å². The maximum absolute atomic E-state index is 12.6. The summed E-state index contributed by atoms with van der Waals surface area (Å²) < 4.78 is 49.7. The number of sulfonamides is 1. The average Bonchev–Trinajstić information content (AvgIpc) is 2.47. The number of halogens is 4. The van der Waals surface area contributed by atoms with Gasteiger partial charge in [-0.1, -0.05) is 35.3 Å². The molecule has 0 spiro atoms. The molecule has 0 aliphatic rings. The van der Waals surface area contributed by atoms with Gasteiger partial charge >= 0.3 is 5.76 Å². The first kappa shape index (κ1) is 18.8. The van der Waals surface area contributed by atoms with Crippen molar-refractivity contribution >= 4 is 38.9 Å². The monoisotopic (exact) mass is 397 g/mol. The van der Waals surface area contributed by atoms with Crippen molar-refractivity contribution in [1.29, 1.82) is 0 Å². The van der Waals surface area contributed by atoms with E-state index in [0.717, 1.165) is 0 Å². The van der Waals surface area contributed by atoms with E-state index in [0.29, 0.717) is 5.69 Å². The summed E-state index contributed by atoms with van der Waals surface area (Å²) in [5, 5.41) is 10.3. The summed E-state index contributed by atoms with van der Waals surface area (Å²) in [6.07, 6.45) is -1.53. The van der Waals surface area contributed by atoms with E-state index in [9.17, 15) is 22.3 Å². The first-order valence-corrected chi connectivity index (χ1v) is 8.69. The smallest absolute Gasteiger partial charge is 0.355 e. The summed E-state index contributed by atoms with van der Waals surface area (Å²) in [6.45, 7) is 1.61. The van der Waals surface area contributed by atoms with E-state index >= 15 is 0 Å². The highest BCUT2D eigenvalue weighted by atomic mass is 35.5. The van der Waals surface area contributed by atoms with Crippen molar-refractivity contribution in [2.45, 2.75) is 18.8 Å². The number of hydrogen-bond donors (Lipinski definition) is 2. The Kier molecular flexibility index (Phi) is 5.59. The molecule has 1 unspecified atom stereocenters. The summed E-state index contributed by atoms with van der Waals surface area (Å²) >= 11 is 11.7. The molecule has 130 valence electrons. The fourth-order valence-electron chi connectivity index (χ4n) is 1.88. The van der Waals surface area contributed by atoms with Gasteiger partial charge in [0.15, 0.2) is 5.82 Å². The van der Waals surface area contributed by atoms with E-state index in [2.05, 4.69) is 9.97 Å². The highest BCUT2D eigenvalue weighted by Gasteiger charge is 2.28. The van der Waals surface area contributed by atoms with Gasteiger partial charge < -0.3 is 5.11 Å². The van der Waals surface area contributed by atoms with Crippen LogP contribution >= 0.6 is 23.2 Å². The van der Waals surface area contributed by atoms with Gasteiger partial charge in [-0.05, 0) is 19.1 Å². The van der Waals surface area contributed by atoms with E-state index in [-0.39, 0.29) is 27.3 Å². The number of para-hydroxylation sites is 1. The van der Waals surface area contributed by atoms with Crippen molar-refractivity contribution in [2.24, 2.45) is 0 Å². The third-order valence-corrected chi connectivity index (χ3v) is 4.37. The molecule has 1 atom stereocenters. The van der Waals surface area contributed by atoms with Gasteiger partial charge in [0.25, 0.3) is 10.0 Å². The maximum Gasteiger partial charge on any atom is 0.355 e. The summed E-state index contributed by atoms with van der Waals surface area (Å²) in [6, 6.07) is 5.46. The van der Waals surface area contributed by atoms with Crippen molar-refractivity contribution in [3.63, 3.8) is 0 Å². The van der Waals surface area contributed by atoms with Gasteiger partial charge in [0.2, 0.25) is 0 Å². The van der Waals surface area contributed by atoms with Crippen LogP contribution in [-0.4, -0.2) is 29.2 Å². The topological polar surface area (TPSA) is 92.2 Å². The molecule has 0 radical (unpaired) electrons. The van der Waals surface area contributed by atoms with Crippen LogP contribution in [0.3, 0.4) is 0 Å². The molecule has 1 aromatic heterocycles. The fourth-order valence-corrected chi connectivity index (χ4v) is 3.01. The lowest BCUT2D eigenvalue weighted by atomic mass is 10.1. The van der Waals surface area contributed by atoms with Gasteiger partial charge in [-0.3, -0.25) is 4.72 Å². The lowest BCUT2D eigenvalue weighted by Gasteiger charge is -2.17. The van der Waals surface area contributed by atoms with Crippen molar-refractivity contribution < 1.29 is 22.3 Å². The second kappa shape index (κ2) is 7.14. The van der Waals surface area contributed by atoms with E-state index in [1.54, 1.807) is 11.6 Å². The number of aryl methyl sites for hydroxylation is 1. The Balaban J connectivity index is 2.53. The predicted octanol–water partition coefficient (Wildman–Crippen LogP) is 3.14. The summed E-state index contributed by atoms with van der Waals surface area (Å²) in [4.78, 5) is 7.85. The van der Waals surface area contributed by atoms with Crippen molar-refractivity contribution in [1.82, 2.24) is 9.97 Å². The molecule has 0 fully saturated rings. The molecule has 24 heavy (non-hydrogen) atoms. The first-order valence-electron chi connectivity index (χ1n) is 6.39. The van der Waals surface area contributed by atoms with Crippen LogP contribution in [0.25, 0.3) is 0 Å². The summed E-state index contributed by atoms with van der Waals surface area (Å²) in [5.74, 6) is -3.79. The zero-order valence-corrected chi connectivity index (χ0v) is 14.4. The van der Waals surface area contributed by atoms with Crippen LogP contribution in [0.2, 0.25) is 10.2 Å². The molecular formula is C13H11Cl2F2N3O3S. The molecule has 0 bridgehead atoms. The number of rotatable bonds is 5. The van der Waals surface area contributed by atoms with Crippen molar-refractivity contribution in [3.05, 3.63) is 51.5 Å². The van der Waals surface area contributed by atoms with E-state index < -0.39 is 21.9 Å². The standard InChI is InChI=1S/C13H11Cl2F2N3O3S/c1-6-5-9(15)19-12(18-6)11(21)7-3-2-4-8(14)10(7)20-24(22,23)13(16)17/h2-5,11,13,20-21H,1H3. The van der Waals surface area contributed by atoms with Gasteiger partial charge in [-0.2, -0.15) is 8.78 Å². The van der Waals surface area contributed by atoms with Crippen LogP contribution in [-0.2, 0) is 10.0 Å². The molecular weight excluding hydrogens is 387 g/mol. The first-order chi connectivity index (χ1) is 11.1. The number of nitrogens with zero attached hydrogens (tertiary/aromatic N) is 2. The van der Waals surface area contributed by atoms with E-state index in [1.807, 2.05) is 0 Å². The lowest BCUT2D eigenvalue weighted by molar-refractivity contribution is 0.210. The number of aliphatic hydroxyl groups excluding tert-OH is 1. The SMILES string of the molecule is Cc1cc(Cl)nc(C(O)c2cccc(Cl)c2NS(=O)(=O)C(F)F)n1. The minimum absolute atomic E-state index is 0.0632. The minimum atomic E-state index is -4.97. The normalized spacial score (nSPS) is 13.1. The van der Waals surface area contributed by atoms with Gasteiger partial charge in [-0.25, -0.2) is 18.4 Å². The number of benzene rings is 1. The van der Waals surface area contributed by atoms with Crippen LogP contribution in [0, 0.1) is 6.92 Å². The number of aromatic nitrogens is 2. The van der Waals surface area contributed by atoms with Crippen LogP contribution in [0.5, 0.6) is 0 Å². The largest absolute Gasteiger partial charge is 0.380 e. The third-order valence-electron chi connectivity index (χ3n) is 2.90. The Morgan fingerprint density at radius 2 is 1.92 bits per heavy atom. The molecule has 0 amide bonds. The Morgan fingerprint density at radius 1 is 1.25 bits per heavy atom. The Morgan fingerprint density at radius 3 is 2.50 bits per heavy atom. The summed E-state index contributed by atoms with van der Waals surface area (Å²) in [5.41, 5.74) is -0.0117. The number of alkyl halides is 2. The Labute approximate surface area is 146 Å². The second-order valence-electron chi connectivity index (χ2n) is 4.70. The van der Waals surface area contributed by atoms with Crippen LogP contribution in [0.4, 0.5) is 14.5 Å². The van der Waals surface area contributed by atoms with Gasteiger partial charge in [-0.15, -0.1) is 0 Å². The highest BCUT2D eigenvalue weighted by molar-refractivity contribution is 7.93. The van der Waals surface area contributed by atoms with E-state index in [1.165, 1.54) is 24.3 Å². The molecule has 6 nitrogen and oxygen atoms in total. The van der Waals surface area contributed by atoms with Crippen LogP contribution in [0.15, 0.2) is 24.3 Å². The number of anilines is 1. The van der Waals surface area contributed by atoms with Crippen molar-refractivity contribution in [2.75, 3.05) is 4.72 Å². The number of nitrogens with one attached hydrogen (secondary N) is 1. The zero-order valence-electron chi connectivity index (χ0n) is 12.0. The van der Waals surface area contributed by atoms with E-state index in [4.69, 9.17) is 23.2 Å². The summed E-state index contributed by atoms with van der Waals surface area (Å²) in [7, 11) is -4.97. The molecule has 1 aromatic carbocycles. The molecule has 0 aliphatic carbocycles. The minimum Gasteiger partial charge on any atom is -0.380 e. The fraction of sp³-hybridized carbons (Fsp3) is 0.231. The zero-order chi connectivity index (χ0) is 18.1. The van der Waals surface area contributed by atoms with Gasteiger partial charge in [0, 0.05) is 11.3 Å². The number of hydrogen-bond acceptors (Lipinski definition) is 5. The quantitative estimate of drug-likeness (QED) is 0.756. The molecule has 2 N–H and O–H groups in total. The van der Waals surface area contributed by atoms with Gasteiger partial charge in [0.05, 0.1) is 10.7 Å². The molecule has 2 rings (SSSR count). The molecule has 0 saturated heterocycles. The third kappa shape index (κ3) is 4.10. The lowest BCUT2D eigenvalue weighted by Crippen LogP contribution is -2.22.